The van der Waals surface area contributed by atoms with Gasteiger partial charge in [0.05, 0.1) is 0 Å². The van der Waals surface area contributed by atoms with Crippen LogP contribution in [0.25, 0.3) is 0 Å². The summed E-state index contributed by atoms with van der Waals surface area (Å²) in [4.78, 5) is 0.276. The van der Waals surface area contributed by atoms with Crippen LogP contribution in [0.2, 0.25) is 0 Å². The van der Waals surface area contributed by atoms with Gasteiger partial charge >= 0.3 is 0 Å². The summed E-state index contributed by atoms with van der Waals surface area (Å²) in [5.74, 6) is -0.166. The second-order valence-corrected chi connectivity index (χ2v) is 3.54. The summed E-state index contributed by atoms with van der Waals surface area (Å²) in [5, 5.41) is 0. The van der Waals surface area contributed by atoms with E-state index in [1.807, 2.05) is 6.07 Å². The van der Waals surface area contributed by atoms with Crippen molar-refractivity contribution in [2.45, 2.75) is 18.2 Å². The zero-order valence-corrected chi connectivity index (χ0v) is 7.94. The molecule has 0 aliphatic rings. The summed E-state index contributed by atoms with van der Waals surface area (Å²) in [6.07, 6.45) is 0.976. The standard InChI is InChI=1S/C9H10BrF/c1-2-9(10)7-4-3-5-8(11)6-7/h3-6,9H,2H2,1H3. The molecule has 0 spiro atoms. The Morgan fingerprint density at radius 1 is 1.55 bits per heavy atom. The van der Waals surface area contributed by atoms with Crippen molar-refractivity contribution in [2.24, 2.45) is 0 Å². The van der Waals surface area contributed by atoms with Gasteiger partial charge in [0, 0.05) is 4.83 Å². The molecular formula is C9H10BrF. The van der Waals surface area contributed by atoms with Crippen molar-refractivity contribution in [3.05, 3.63) is 35.6 Å². The molecule has 0 saturated carbocycles. The van der Waals surface area contributed by atoms with Crippen LogP contribution in [-0.4, -0.2) is 0 Å². The van der Waals surface area contributed by atoms with Crippen LogP contribution in [0.5, 0.6) is 0 Å². The predicted molar refractivity (Wildman–Crippen MR) is 48.4 cm³/mol. The highest BCUT2D eigenvalue weighted by Crippen LogP contribution is 2.25. The van der Waals surface area contributed by atoms with E-state index in [0.29, 0.717) is 0 Å². The summed E-state index contributed by atoms with van der Waals surface area (Å²) in [7, 11) is 0. The van der Waals surface area contributed by atoms with Crippen molar-refractivity contribution < 1.29 is 4.39 Å². The molecule has 2 heteroatoms. The Hall–Kier alpha value is -0.370. The molecule has 0 aromatic heterocycles. The number of rotatable bonds is 2. The van der Waals surface area contributed by atoms with Crippen LogP contribution in [0.3, 0.4) is 0 Å². The van der Waals surface area contributed by atoms with Gasteiger partial charge in [-0.25, -0.2) is 4.39 Å². The monoisotopic (exact) mass is 216 g/mol. The Morgan fingerprint density at radius 2 is 2.27 bits per heavy atom. The zero-order valence-electron chi connectivity index (χ0n) is 6.35. The minimum atomic E-state index is -0.166. The molecule has 1 atom stereocenters. The molecule has 0 bridgehead atoms. The minimum absolute atomic E-state index is 0.166. The van der Waals surface area contributed by atoms with Crippen LogP contribution in [0, 0.1) is 5.82 Å². The minimum Gasteiger partial charge on any atom is -0.207 e. The summed E-state index contributed by atoms with van der Waals surface area (Å²) in [6.45, 7) is 2.06. The van der Waals surface area contributed by atoms with Gasteiger partial charge in [0.2, 0.25) is 0 Å². The van der Waals surface area contributed by atoms with Gasteiger partial charge in [0.15, 0.2) is 0 Å². The molecule has 0 heterocycles. The van der Waals surface area contributed by atoms with Gasteiger partial charge < -0.3 is 0 Å². The first-order valence-electron chi connectivity index (χ1n) is 3.63. The lowest BCUT2D eigenvalue weighted by Gasteiger charge is -2.05. The van der Waals surface area contributed by atoms with Gasteiger partial charge in [-0.05, 0) is 24.1 Å². The first-order chi connectivity index (χ1) is 5.24. The van der Waals surface area contributed by atoms with Crippen molar-refractivity contribution >= 4 is 15.9 Å². The van der Waals surface area contributed by atoms with E-state index in [0.717, 1.165) is 12.0 Å². The van der Waals surface area contributed by atoms with Crippen molar-refractivity contribution in [1.29, 1.82) is 0 Å². The van der Waals surface area contributed by atoms with E-state index in [1.165, 1.54) is 6.07 Å². The third-order valence-corrected chi connectivity index (χ3v) is 2.74. The Labute approximate surface area is 74.6 Å². The predicted octanol–water partition coefficient (Wildman–Crippen LogP) is 3.67. The summed E-state index contributed by atoms with van der Waals surface area (Å²) in [5.41, 5.74) is 1.01. The highest BCUT2D eigenvalue weighted by atomic mass is 79.9. The highest BCUT2D eigenvalue weighted by molar-refractivity contribution is 9.09. The molecular weight excluding hydrogens is 207 g/mol. The molecule has 0 aliphatic heterocycles. The van der Waals surface area contributed by atoms with Gasteiger partial charge in [0.25, 0.3) is 0 Å². The molecule has 1 aromatic rings. The zero-order chi connectivity index (χ0) is 8.27. The lowest BCUT2D eigenvalue weighted by Crippen LogP contribution is -1.87. The quantitative estimate of drug-likeness (QED) is 0.663. The van der Waals surface area contributed by atoms with Crippen LogP contribution in [0.15, 0.2) is 24.3 Å². The van der Waals surface area contributed by atoms with Crippen LogP contribution in [0.4, 0.5) is 4.39 Å². The smallest absolute Gasteiger partial charge is 0.123 e. The second kappa shape index (κ2) is 3.86. The molecule has 0 fully saturated rings. The fourth-order valence-electron chi connectivity index (χ4n) is 0.937. The van der Waals surface area contributed by atoms with E-state index in [9.17, 15) is 4.39 Å². The fourth-order valence-corrected chi connectivity index (χ4v) is 1.22. The van der Waals surface area contributed by atoms with E-state index in [2.05, 4.69) is 22.9 Å². The van der Waals surface area contributed by atoms with E-state index in [4.69, 9.17) is 0 Å². The maximum atomic E-state index is 12.6. The lowest BCUT2D eigenvalue weighted by molar-refractivity contribution is 0.625. The number of benzene rings is 1. The molecule has 11 heavy (non-hydrogen) atoms. The van der Waals surface area contributed by atoms with Crippen molar-refractivity contribution in [2.75, 3.05) is 0 Å². The Morgan fingerprint density at radius 3 is 2.82 bits per heavy atom. The average molecular weight is 217 g/mol. The Balaban J connectivity index is 2.86. The first kappa shape index (κ1) is 8.72. The van der Waals surface area contributed by atoms with Gasteiger partial charge in [-0.2, -0.15) is 0 Å². The molecule has 1 rings (SSSR count). The van der Waals surface area contributed by atoms with Gasteiger partial charge in [-0.1, -0.05) is 35.0 Å². The highest BCUT2D eigenvalue weighted by Gasteiger charge is 2.03. The van der Waals surface area contributed by atoms with E-state index < -0.39 is 0 Å². The van der Waals surface area contributed by atoms with Gasteiger partial charge in [-0.15, -0.1) is 0 Å². The topological polar surface area (TPSA) is 0 Å². The van der Waals surface area contributed by atoms with Crippen LogP contribution in [-0.2, 0) is 0 Å². The van der Waals surface area contributed by atoms with Crippen molar-refractivity contribution in [3.8, 4) is 0 Å². The summed E-state index contributed by atoms with van der Waals surface area (Å²) >= 11 is 3.45. The van der Waals surface area contributed by atoms with E-state index in [-0.39, 0.29) is 10.6 Å². The molecule has 0 radical (unpaired) electrons. The fraction of sp³-hybridized carbons (Fsp3) is 0.333. The number of hydrogen-bond donors (Lipinski definition) is 0. The third-order valence-electron chi connectivity index (χ3n) is 1.57. The molecule has 0 aliphatic carbocycles. The van der Waals surface area contributed by atoms with Gasteiger partial charge in [-0.3, -0.25) is 0 Å². The molecule has 60 valence electrons. The summed E-state index contributed by atoms with van der Waals surface area (Å²) < 4.78 is 12.6. The van der Waals surface area contributed by atoms with Gasteiger partial charge in [0.1, 0.15) is 5.82 Å². The van der Waals surface area contributed by atoms with E-state index >= 15 is 0 Å². The number of hydrogen-bond acceptors (Lipinski definition) is 0. The normalized spacial score (nSPS) is 13.0. The van der Waals surface area contributed by atoms with Crippen molar-refractivity contribution in [1.82, 2.24) is 0 Å². The molecule has 0 amide bonds. The Kier molecular flexibility index (Phi) is 3.06. The molecule has 0 nitrogen and oxygen atoms in total. The van der Waals surface area contributed by atoms with Crippen molar-refractivity contribution in [3.63, 3.8) is 0 Å². The number of alkyl halides is 1. The molecule has 1 unspecified atom stereocenters. The molecule has 0 N–H and O–H groups in total. The maximum absolute atomic E-state index is 12.6. The summed E-state index contributed by atoms with van der Waals surface area (Å²) in [6, 6.07) is 6.67. The number of halogens is 2. The van der Waals surface area contributed by atoms with E-state index in [1.54, 1.807) is 12.1 Å². The van der Waals surface area contributed by atoms with Crippen LogP contribution < -0.4 is 0 Å². The molecule has 1 aromatic carbocycles. The van der Waals surface area contributed by atoms with Crippen LogP contribution in [0.1, 0.15) is 23.7 Å². The first-order valence-corrected chi connectivity index (χ1v) is 4.55. The Bertz CT molecular complexity index is 235. The lowest BCUT2D eigenvalue weighted by atomic mass is 10.1. The SMILES string of the molecule is CCC(Br)c1cccc(F)c1. The second-order valence-electron chi connectivity index (χ2n) is 2.43. The molecule has 0 saturated heterocycles. The third kappa shape index (κ3) is 2.29. The largest absolute Gasteiger partial charge is 0.207 e. The maximum Gasteiger partial charge on any atom is 0.123 e. The average Bonchev–Trinajstić information content (AvgIpc) is 2.03. The van der Waals surface area contributed by atoms with Crippen LogP contribution >= 0.6 is 15.9 Å².